The zero-order chi connectivity index (χ0) is 22.9. The molecule has 0 saturated carbocycles. The van der Waals surface area contributed by atoms with Crippen molar-refractivity contribution >= 4 is 21.8 Å². The maximum Gasteiger partial charge on any atom is 0.280 e. The molecule has 0 aliphatic carbocycles. The number of aromatic amines is 1. The molecule has 3 heterocycles. The van der Waals surface area contributed by atoms with E-state index in [0.717, 1.165) is 55.9 Å². The smallest absolute Gasteiger partial charge is 0.280 e. The molecule has 3 aromatic carbocycles. The number of nitrogens with zero attached hydrogens (tertiary/aromatic N) is 3. The van der Waals surface area contributed by atoms with Crippen LogP contribution in [-0.2, 0) is 6.42 Å². The number of aromatic nitrogens is 3. The number of hydrogen-bond acceptors (Lipinski definition) is 3. The first-order valence-corrected chi connectivity index (χ1v) is 12.1. The average molecular weight is 449 g/mol. The second kappa shape index (κ2) is 8.92. The van der Waals surface area contributed by atoms with Gasteiger partial charge < -0.3 is 9.88 Å². The minimum Gasteiger partial charge on any atom is -0.361 e. The van der Waals surface area contributed by atoms with E-state index in [9.17, 15) is 4.79 Å². The van der Waals surface area contributed by atoms with Gasteiger partial charge >= 0.3 is 0 Å². The molecule has 0 spiro atoms. The summed E-state index contributed by atoms with van der Waals surface area (Å²) >= 11 is 0. The average Bonchev–Trinajstić information content (AvgIpc) is 3.33. The molecule has 6 rings (SSSR count). The molecule has 1 N–H and O–H groups in total. The first-order valence-electron chi connectivity index (χ1n) is 12.1. The van der Waals surface area contributed by atoms with Gasteiger partial charge in [-0.05, 0) is 67.7 Å². The lowest BCUT2D eigenvalue weighted by molar-refractivity contribution is 0.213. The Hall–Kier alpha value is -3.70. The normalized spacial score (nSPS) is 15.3. The van der Waals surface area contributed by atoms with Crippen LogP contribution in [0.5, 0.6) is 0 Å². The summed E-state index contributed by atoms with van der Waals surface area (Å²) in [5, 5.41) is 2.02. The molecule has 1 saturated heterocycles. The van der Waals surface area contributed by atoms with Crippen molar-refractivity contribution in [3.05, 3.63) is 107 Å². The van der Waals surface area contributed by atoms with E-state index in [1.165, 1.54) is 16.5 Å². The van der Waals surface area contributed by atoms with Crippen LogP contribution in [0.3, 0.4) is 0 Å². The van der Waals surface area contributed by atoms with E-state index in [1.54, 1.807) is 0 Å². The SMILES string of the molecule is O=c1nc(CCN2CCC(c3c[nH]c4ccccc34)CC2)n(-c2ccccc2)c2ccccc12. The van der Waals surface area contributed by atoms with E-state index in [0.29, 0.717) is 11.3 Å². The predicted octanol–water partition coefficient (Wildman–Crippen LogP) is 5.29. The number of piperidine rings is 1. The second-order valence-electron chi connectivity index (χ2n) is 9.18. The number of likely N-dealkylation sites (tertiary alicyclic amines) is 1. The molecule has 34 heavy (non-hydrogen) atoms. The highest BCUT2D eigenvalue weighted by Crippen LogP contribution is 2.33. The van der Waals surface area contributed by atoms with Gasteiger partial charge in [-0.25, -0.2) is 0 Å². The summed E-state index contributed by atoms with van der Waals surface area (Å²) in [6, 6.07) is 26.6. The predicted molar refractivity (Wildman–Crippen MR) is 138 cm³/mol. The van der Waals surface area contributed by atoms with Crippen molar-refractivity contribution in [2.24, 2.45) is 0 Å². The van der Waals surface area contributed by atoms with Crippen LogP contribution in [0.1, 0.15) is 30.1 Å². The molecule has 2 aromatic heterocycles. The molecule has 0 unspecified atom stereocenters. The van der Waals surface area contributed by atoms with Crippen LogP contribution in [0.2, 0.25) is 0 Å². The van der Waals surface area contributed by atoms with Crippen molar-refractivity contribution in [2.75, 3.05) is 19.6 Å². The van der Waals surface area contributed by atoms with Gasteiger partial charge in [0.25, 0.3) is 5.56 Å². The van der Waals surface area contributed by atoms with Gasteiger partial charge in [-0.2, -0.15) is 4.98 Å². The van der Waals surface area contributed by atoms with E-state index in [1.807, 2.05) is 42.5 Å². The number of hydrogen-bond donors (Lipinski definition) is 1. The minimum absolute atomic E-state index is 0.143. The number of H-pyrrole nitrogens is 1. The molecule has 5 aromatic rings. The third kappa shape index (κ3) is 3.82. The van der Waals surface area contributed by atoms with Crippen molar-refractivity contribution in [3.8, 4) is 5.69 Å². The molecule has 5 nitrogen and oxygen atoms in total. The lowest BCUT2D eigenvalue weighted by atomic mass is 9.89. The number of benzene rings is 3. The first-order chi connectivity index (χ1) is 16.8. The lowest BCUT2D eigenvalue weighted by Gasteiger charge is -2.32. The van der Waals surface area contributed by atoms with E-state index in [-0.39, 0.29) is 5.56 Å². The van der Waals surface area contributed by atoms with Gasteiger partial charge in [-0.1, -0.05) is 48.5 Å². The molecule has 0 amide bonds. The van der Waals surface area contributed by atoms with Crippen molar-refractivity contribution in [3.63, 3.8) is 0 Å². The number of fused-ring (bicyclic) bond motifs is 2. The lowest BCUT2D eigenvalue weighted by Crippen LogP contribution is -2.35. The van der Waals surface area contributed by atoms with E-state index < -0.39 is 0 Å². The Morgan fingerprint density at radius 1 is 0.853 bits per heavy atom. The fraction of sp³-hybridized carbons (Fsp3) is 0.241. The summed E-state index contributed by atoms with van der Waals surface area (Å²) in [5.41, 5.74) is 4.49. The molecule has 0 radical (unpaired) electrons. The molecular weight excluding hydrogens is 420 g/mol. The summed E-state index contributed by atoms with van der Waals surface area (Å²) in [5.74, 6) is 1.42. The van der Waals surface area contributed by atoms with E-state index in [2.05, 4.69) is 62.0 Å². The highest BCUT2D eigenvalue weighted by molar-refractivity contribution is 5.83. The Bertz CT molecular complexity index is 1490. The summed E-state index contributed by atoms with van der Waals surface area (Å²) in [4.78, 5) is 23.2. The van der Waals surface area contributed by atoms with Gasteiger partial charge in [0.1, 0.15) is 5.82 Å². The topological polar surface area (TPSA) is 53.9 Å². The van der Waals surface area contributed by atoms with Crippen LogP contribution in [0.4, 0.5) is 0 Å². The van der Waals surface area contributed by atoms with Gasteiger partial charge in [0.2, 0.25) is 0 Å². The number of rotatable bonds is 5. The standard InChI is InChI=1S/C29H28N4O/c34-29-24-11-5-7-13-27(24)33(22-8-2-1-3-9-22)28(31-29)16-19-32-17-14-21(15-18-32)25-20-30-26-12-6-4-10-23(25)26/h1-13,20-21,30H,14-19H2. The Labute approximate surface area is 198 Å². The van der Waals surface area contributed by atoms with Crippen LogP contribution in [-0.4, -0.2) is 39.1 Å². The van der Waals surface area contributed by atoms with Crippen LogP contribution < -0.4 is 5.56 Å². The summed E-state index contributed by atoms with van der Waals surface area (Å²) < 4.78 is 2.15. The summed E-state index contributed by atoms with van der Waals surface area (Å²) in [7, 11) is 0. The monoisotopic (exact) mass is 448 g/mol. The number of nitrogens with one attached hydrogen (secondary N) is 1. The third-order valence-electron chi connectivity index (χ3n) is 7.18. The first kappa shape index (κ1) is 20.9. The molecule has 1 aliphatic rings. The zero-order valence-corrected chi connectivity index (χ0v) is 19.2. The van der Waals surface area contributed by atoms with Crippen LogP contribution >= 0.6 is 0 Å². The van der Waals surface area contributed by atoms with Crippen molar-refractivity contribution in [1.29, 1.82) is 0 Å². The molecular formula is C29H28N4O. The molecule has 1 aliphatic heterocycles. The maximum absolute atomic E-state index is 12.8. The molecule has 0 bridgehead atoms. The van der Waals surface area contributed by atoms with Crippen LogP contribution in [0.25, 0.3) is 27.5 Å². The zero-order valence-electron chi connectivity index (χ0n) is 19.2. The Morgan fingerprint density at radius 3 is 2.38 bits per heavy atom. The van der Waals surface area contributed by atoms with Crippen molar-refractivity contribution in [2.45, 2.75) is 25.2 Å². The fourth-order valence-corrected chi connectivity index (χ4v) is 5.41. The van der Waals surface area contributed by atoms with Gasteiger partial charge in [-0.3, -0.25) is 9.36 Å². The third-order valence-corrected chi connectivity index (χ3v) is 7.18. The molecule has 1 fully saturated rings. The molecule has 0 atom stereocenters. The van der Waals surface area contributed by atoms with Crippen LogP contribution in [0.15, 0.2) is 89.9 Å². The van der Waals surface area contributed by atoms with Crippen molar-refractivity contribution in [1.82, 2.24) is 19.4 Å². The highest BCUT2D eigenvalue weighted by Gasteiger charge is 2.23. The van der Waals surface area contributed by atoms with Gasteiger partial charge in [0, 0.05) is 35.8 Å². The minimum atomic E-state index is -0.143. The summed E-state index contributed by atoms with van der Waals surface area (Å²) in [6.45, 7) is 3.03. The van der Waals surface area contributed by atoms with E-state index >= 15 is 0 Å². The number of para-hydroxylation sites is 3. The van der Waals surface area contributed by atoms with Gasteiger partial charge in [0.15, 0.2) is 0 Å². The molecule has 5 heteroatoms. The van der Waals surface area contributed by atoms with Gasteiger partial charge in [-0.15, -0.1) is 0 Å². The quantitative estimate of drug-likeness (QED) is 0.398. The van der Waals surface area contributed by atoms with E-state index in [4.69, 9.17) is 0 Å². The van der Waals surface area contributed by atoms with Crippen molar-refractivity contribution < 1.29 is 0 Å². The van der Waals surface area contributed by atoms with Crippen LogP contribution in [0, 0.1) is 0 Å². The molecule has 170 valence electrons. The van der Waals surface area contributed by atoms with Gasteiger partial charge in [0.05, 0.1) is 10.9 Å². The second-order valence-corrected chi connectivity index (χ2v) is 9.18. The Morgan fingerprint density at radius 2 is 1.56 bits per heavy atom. The summed E-state index contributed by atoms with van der Waals surface area (Å²) in [6.07, 6.45) is 5.24. The Kier molecular flexibility index (Phi) is 5.47. The highest BCUT2D eigenvalue weighted by atomic mass is 16.1. The largest absolute Gasteiger partial charge is 0.361 e. The fourth-order valence-electron chi connectivity index (χ4n) is 5.41. The Balaban J connectivity index is 1.22. The maximum atomic E-state index is 12.8.